The normalized spacial score (nSPS) is 22.0. The molecule has 0 spiro atoms. The Morgan fingerprint density at radius 3 is 2.35 bits per heavy atom. The van der Waals surface area contributed by atoms with Gasteiger partial charge < -0.3 is 0 Å². The van der Waals surface area contributed by atoms with Crippen LogP contribution in [0.15, 0.2) is 95.5 Å². The van der Waals surface area contributed by atoms with E-state index < -0.39 is 29.8 Å². The van der Waals surface area contributed by atoms with E-state index in [1.165, 1.54) is 11.0 Å². The molecule has 168 valence electrons. The van der Waals surface area contributed by atoms with Crippen LogP contribution in [0.2, 0.25) is 0 Å². The van der Waals surface area contributed by atoms with Crippen LogP contribution in [0.5, 0.6) is 0 Å². The van der Waals surface area contributed by atoms with Gasteiger partial charge in [-0.3, -0.25) is 14.4 Å². The summed E-state index contributed by atoms with van der Waals surface area (Å²) in [7, 11) is 0. The summed E-state index contributed by atoms with van der Waals surface area (Å²) in [6.45, 7) is 0. The smallest absolute Gasteiger partial charge is 0.266 e. The molecule has 5 nitrogen and oxygen atoms in total. The van der Waals surface area contributed by atoms with E-state index in [-0.39, 0.29) is 10.4 Å². The lowest BCUT2D eigenvalue weighted by atomic mass is 9.90. The largest absolute Gasteiger partial charge is 0.273 e. The summed E-state index contributed by atoms with van der Waals surface area (Å²) in [5, 5.41) is 3.35. The molecule has 2 fully saturated rings. The number of anilines is 2. The van der Waals surface area contributed by atoms with Gasteiger partial charge in [-0.05, 0) is 57.2 Å². The Balaban J connectivity index is 1.48. The van der Waals surface area contributed by atoms with Crippen molar-refractivity contribution in [2.24, 2.45) is 5.92 Å². The first-order chi connectivity index (χ1) is 16.5. The van der Waals surface area contributed by atoms with Gasteiger partial charge >= 0.3 is 0 Å². The van der Waals surface area contributed by atoms with Crippen LogP contribution in [0, 0.1) is 11.7 Å². The van der Waals surface area contributed by atoms with Crippen molar-refractivity contribution in [3.63, 3.8) is 0 Å². The number of hydrogen-bond acceptors (Lipinski definition) is 4. The molecule has 0 saturated carbocycles. The minimum absolute atomic E-state index is 0.282. The SMILES string of the molecule is O=C1[C@@H]2[C@@H](ON(c3ccccc3)[C@H]2c2ccc(F)c(Br)c2)C(=O)N1c1cccc2ccccc12. The molecule has 0 aliphatic carbocycles. The van der Waals surface area contributed by atoms with Gasteiger partial charge in [-0.25, -0.2) is 14.4 Å². The minimum atomic E-state index is -0.986. The second kappa shape index (κ2) is 8.04. The summed E-state index contributed by atoms with van der Waals surface area (Å²) >= 11 is 3.25. The maximum absolute atomic E-state index is 14.0. The Bertz CT molecular complexity index is 1440. The molecule has 0 radical (unpaired) electrons. The van der Waals surface area contributed by atoms with Crippen molar-refractivity contribution >= 4 is 49.9 Å². The minimum Gasteiger partial charge on any atom is -0.273 e. The van der Waals surface area contributed by atoms with Crippen LogP contribution in [0.4, 0.5) is 15.8 Å². The fourth-order valence-corrected chi connectivity index (χ4v) is 5.29. The summed E-state index contributed by atoms with van der Waals surface area (Å²) in [4.78, 5) is 34.9. The van der Waals surface area contributed by atoms with Crippen LogP contribution < -0.4 is 9.96 Å². The van der Waals surface area contributed by atoms with E-state index >= 15 is 0 Å². The Kier molecular flexibility index (Phi) is 4.97. The average Bonchev–Trinajstić information content (AvgIpc) is 3.37. The summed E-state index contributed by atoms with van der Waals surface area (Å²) in [5.74, 6) is -1.94. The van der Waals surface area contributed by atoms with Crippen LogP contribution >= 0.6 is 15.9 Å². The fraction of sp³-hybridized carbons (Fsp3) is 0.111. The number of nitrogens with zero attached hydrogens (tertiary/aromatic N) is 2. The van der Waals surface area contributed by atoms with Crippen molar-refractivity contribution in [2.45, 2.75) is 12.1 Å². The first-order valence-electron chi connectivity index (χ1n) is 10.9. The van der Waals surface area contributed by atoms with Crippen molar-refractivity contribution in [2.75, 3.05) is 9.96 Å². The van der Waals surface area contributed by atoms with E-state index in [2.05, 4.69) is 15.9 Å². The van der Waals surface area contributed by atoms with E-state index in [4.69, 9.17) is 4.84 Å². The van der Waals surface area contributed by atoms with Crippen LogP contribution in [-0.4, -0.2) is 17.9 Å². The molecule has 6 rings (SSSR count). The third-order valence-electron chi connectivity index (χ3n) is 6.42. The zero-order valence-electron chi connectivity index (χ0n) is 17.8. The first kappa shape index (κ1) is 21.0. The van der Waals surface area contributed by atoms with Crippen LogP contribution in [0.1, 0.15) is 11.6 Å². The van der Waals surface area contributed by atoms with E-state index in [1.807, 2.05) is 66.7 Å². The number of carbonyl (C=O) groups is 2. The van der Waals surface area contributed by atoms with Gasteiger partial charge in [0.15, 0.2) is 6.10 Å². The van der Waals surface area contributed by atoms with Gasteiger partial charge in [-0.15, -0.1) is 0 Å². The Morgan fingerprint density at radius 2 is 1.56 bits per heavy atom. The molecule has 3 atom stereocenters. The van der Waals surface area contributed by atoms with Gasteiger partial charge in [0.2, 0.25) is 5.91 Å². The number of hydroxylamine groups is 1. The van der Waals surface area contributed by atoms with Crippen LogP contribution in [-0.2, 0) is 14.4 Å². The molecule has 34 heavy (non-hydrogen) atoms. The van der Waals surface area contributed by atoms with Crippen molar-refractivity contribution in [1.29, 1.82) is 0 Å². The monoisotopic (exact) mass is 516 g/mol. The predicted octanol–water partition coefficient (Wildman–Crippen LogP) is 5.79. The van der Waals surface area contributed by atoms with Crippen molar-refractivity contribution in [1.82, 2.24) is 0 Å². The molecular formula is C27H18BrFN2O3. The number of fused-ring (bicyclic) bond motifs is 2. The highest BCUT2D eigenvalue weighted by atomic mass is 79.9. The van der Waals surface area contributed by atoms with E-state index in [9.17, 15) is 14.0 Å². The molecule has 0 unspecified atom stereocenters. The highest BCUT2D eigenvalue weighted by Crippen LogP contribution is 2.48. The van der Waals surface area contributed by atoms with Gasteiger partial charge in [0.25, 0.3) is 5.91 Å². The van der Waals surface area contributed by atoms with Crippen LogP contribution in [0.25, 0.3) is 10.8 Å². The molecule has 2 amide bonds. The number of amides is 2. The molecule has 2 aliphatic heterocycles. The third kappa shape index (κ3) is 3.15. The molecule has 0 N–H and O–H groups in total. The zero-order valence-corrected chi connectivity index (χ0v) is 19.4. The number of para-hydroxylation sites is 1. The van der Waals surface area contributed by atoms with Crippen molar-refractivity contribution in [3.05, 3.63) is 107 Å². The van der Waals surface area contributed by atoms with E-state index in [0.717, 1.165) is 10.8 Å². The topological polar surface area (TPSA) is 49.9 Å². The highest BCUT2D eigenvalue weighted by Gasteiger charge is 2.60. The summed E-state index contributed by atoms with van der Waals surface area (Å²) in [6, 6.07) is 26.5. The average molecular weight is 517 g/mol. The van der Waals surface area contributed by atoms with Gasteiger partial charge in [-0.1, -0.05) is 60.7 Å². The third-order valence-corrected chi connectivity index (χ3v) is 7.03. The second-order valence-corrected chi connectivity index (χ2v) is 9.20. The lowest BCUT2D eigenvalue weighted by Crippen LogP contribution is -2.37. The molecule has 2 heterocycles. The summed E-state index contributed by atoms with van der Waals surface area (Å²) in [5.41, 5.74) is 1.92. The van der Waals surface area contributed by atoms with Gasteiger partial charge in [0.1, 0.15) is 11.7 Å². The number of rotatable bonds is 3. The zero-order chi connectivity index (χ0) is 23.4. The van der Waals surface area contributed by atoms with Gasteiger partial charge in [0, 0.05) is 5.39 Å². The lowest BCUT2D eigenvalue weighted by molar-refractivity contribution is -0.126. The molecule has 0 aromatic heterocycles. The number of benzene rings is 4. The molecule has 2 saturated heterocycles. The molecule has 4 aromatic rings. The fourth-order valence-electron chi connectivity index (χ4n) is 4.89. The van der Waals surface area contributed by atoms with Gasteiger partial charge in [-0.2, -0.15) is 0 Å². The number of imide groups is 1. The maximum atomic E-state index is 14.0. The Labute approximate surface area is 203 Å². The van der Waals surface area contributed by atoms with Crippen molar-refractivity contribution in [3.8, 4) is 0 Å². The maximum Gasteiger partial charge on any atom is 0.266 e. The molecule has 7 heteroatoms. The Hall–Kier alpha value is -3.55. The highest BCUT2D eigenvalue weighted by molar-refractivity contribution is 9.10. The standard InChI is InChI=1S/C27H18BrFN2O3/c28-20-15-17(13-14-21(20)29)24-23-25(34-31(24)18-9-2-1-3-10-18)27(33)30(26(23)32)22-12-6-8-16-7-4-5-11-19(16)22/h1-15,23-25H/t23-,24-,25+/m0/s1. The van der Waals surface area contributed by atoms with Crippen LogP contribution in [0.3, 0.4) is 0 Å². The quantitative estimate of drug-likeness (QED) is 0.323. The molecule has 0 bridgehead atoms. The van der Waals surface area contributed by atoms with Gasteiger partial charge in [0.05, 0.1) is 21.9 Å². The van der Waals surface area contributed by atoms with E-state index in [0.29, 0.717) is 16.9 Å². The number of hydrogen-bond donors (Lipinski definition) is 0. The molecular weight excluding hydrogens is 499 g/mol. The summed E-state index contributed by atoms with van der Waals surface area (Å²) < 4.78 is 14.3. The molecule has 2 aliphatic rings. The number of halogens is 2. The lowest BCUT2D eigenvalue weighted by Gasteiger charge is -2.29. The predicted molar refractivity (Wildman–Crippen MR) is 131 cm³/mol. The first-order valence-corrected chi connectivity index (χ1v) is 11.7. The number of carbonyl (C=O) groups excluding carboxylic acids is 2. The van der Waals surface area contributed by atoms with E-state index in [1.54, 1.807) is 23.3 Å². The second-order valence-electron chi connectivity index (χ2n) is 8.34. The summed E-state index contributed by atoms with van der Waals surface area (Å²) in [6.07, 6.45) is -0.986. The molecule has 4 aromatic carbocycles. The Morgan fingerprint density at radius 1 is 0.824 bits per heavy atom. The van der Waals surface area contributed by atoms with Crippen molar-refractivity contribution < 1.29 is 18.8 Å².